The summed E-state index contributed by atoms with van der Waals surface area (Å²) in [4.78, 5) is 11.7. The van der Waals surface area contributed by atoms with Crippen LogP contribution >= 0.6 is 11.6 Å². The summed E-state index contributed by atoms with van der Waals surface area (Å²) >= 11 is 5.69. The van der Waals surface area contributed by atoms with Gasteiger partial charge in [0.1, 0.15) is 6.04 Å². The van der Waals surface area contributed by atoms with E-state index < -0.39 is 24.7 Å². The van der Waals surface area contributed by atoms with Gasteiger partial charge in [0.15, 0.2) is 0 Å². The molecule has 0 aliphatic rings. The van der Waals surface area contributed by atoms with E-state index in [4.69, 9.17) is 16.3 Å². The van der Waals surface area contributed by atoms with E-state index in [0.717, 1.165) is 0 Å². The molecule has 1 rings (SSSR count). The van der Waals surface area contributed by atoms with E-state index in [1.165, 1.54) is 24.3 Å². The average Bonchev–Trinajstić information content (AvgIpc) is 2.30. The van der Waals surface area contributed by atoms with Gasteiger partial charge in [0.2, 0.25) is 0 Å². The van der Waals surface area contributed by atoms with Gasteiger partial charge in [-0.3, -0.25) is 5.32 Å². The van der Waals surface area contributed by atoms with Gasteiger partial charge >= 0.3 is 12.1 Å². The average molecular weight is 296 g/mol. The Hall–Kier alpha value is -1.27. The van der Waals surface area contributed by atoms with E-state index in [2.05, 4.69) is 5.32 Å². The summed E-state index contributed by atoms with van der Waals surface area (Å²) in [6, 6.07) is 4.79. The van der Waals surface area contributed by atoms with Crippen molar-refractivity contribution in [3.63, 3.8) is 0 Å². The summed E-state index contributed by atoms with van der Waals surface area (Å²) in [5, 5.41) is 2.57. The predicted octanol–water partition coefficient (Wildman–Crippen LogP) is 3.10. The molecule has 1 atom stereocenters. The maximum atomic E-state index is 12.2. The molecule has 0 heterocycles. The molecule has 0 fully saturated rings. The molecule has 19 heavy (non-hydrogen) atoms. The molecule has 7 heteroatoms. The highest BCUT2D eigenvalue weighted by Gasteiger charge is 2.31. The van der Waals surface area contributed by atoms with Crippen LogP contribution in [0.5, 0.6) is 0 Å². The van der Waals surface area contributed by atoms with Crippen LogP contribution < -0.4 is 5.32 Å². The van der Waals surface area contributed by atoms with Gasteiger partial charge in [0, 0.05) is 5.02 Å². The minimum absolute atomic E-state index is 0.0939. The van der Waals surface area contributed by atoms with Gasteiger partial charge in [-0.1, -0.05) is 23.7 Å². The molecular weight excluding hydrogens is 283 g/mol. The zero-order valence-corrected chi connectivity index (χ0v) is 10.9. The largest absolute Gasteiger partial charge is 0.465 e. The monoisotopic (exact) mass is 295 g/mol. The van der Waals surface area contributed by atoms with Crippen molar-refractivity contribution in [3.05, 3.63) is 34.9 Å². The summed E-state index contributed by atoms with van der Waals surface area (Å²) in [6.45, 7) is 0.399. The third-order valence-electron chi connectivity index (χ3n) is 2.23. The third-order valence-corrected chi connectivity index (χ3v) is 2.48. The van der Waals surface area contributed by atoms with Crippen molar-refractivity contribution < 1.29 is 22.7 Å². The van der Waals surface area contributed by atoms with E-state index in [-0.39, 0.29) is 6.61 Å². The molecule has 0 amide bonds. The second-order valence-electron chi connectivity index (χ2n) is 3.73. The molecule has 106 valence electrons. The van der Waals surface area contributed by atoms with Crippen molar-refractivity contribution in [2.24, 2.45) is 0 Å². The molecule has 0 radical (unpaired) electrons. The van der Waals surface area contributed by atoms with Crippen LogP contribution in [0.25, 0.3) is 0 Å². The molecule has 1 N–H and O–H groups in total. The standard InChI is InChI=1S/C12H13ClF3NO2/c1-2-19-11(18)10(17-7-12(14,15)16)8-3-5-9(13)6-4-8/h3-6,10,17H,2,7H2,1H3. The van der Waals surface area contributed by atoms with Crippen molar-refractivity contribution >= 4 is 17.6 Å². The Labute approximate surface area is 113 Å². The SMILES string of the molecule is CCOC(=O)C(NCC(F)(F)F)c1ccc(Cl)cc1. The first-order valence-electron chi connectivity index (χ1n) is 5.55. The molecule has 1 unspecified atom stereocenters. The Morgan fingerprint density at radius 3 is 2.42 bits per heavy atom. The molecule has 0 aliphatic carbocycles. The van der Waals surface area contributed by atoms with Gasteiger partial charge in [-0.25, -0.2) is 4.79 Å². The summed E-state index contributed by atoms with van der Waals surface area (Å²) in [5.41, 5.74) is 0.368. The quantitative estimate of drug-likeness (QED) is 0.848. The molecule has 1 aromatic carbocycles. The zero-order valence-electron chi connectivity index (χ0n) is 10.1. The van der Waals surface area contributed by atoms with Crippen LogP contribution in [-0.4, -0.2) is 25.3 Å². The summed E-state index contributed by atoms with van der Waals surface area (Å²) in [7, 11) is 0. The van der Waals surface area contributed by atoms with Gasteiger partial charge < -0.3 is 4.74 Å². The van der Waals surface area contributed by atoms with Crippen LogP contribution in [0.15, 0.2) is 24.3 Å². The Kier molecular flexibility index (Phi) is 5.62. The first-order valence-corrected chi connectivity index (χ1v) is 5.93. The van der Waals surface area contributed by atoms with Crippen LogP contribution in [0.3, 0.4) is 0 Å². The van der Waals surface area contributed by atoms with Gasteiger partial charge in [-0.15, -0.1) is 0 Å². The predicted molar refractivity (Wildman–Crippen MR) is 64.9 cm³/mol. The van der Waals surface area contributed by atoms with Gasteiger partial charge in [-0.05, 0) is 24.6 Å². The van der Waals surface area contributed by atoms with Crippen LogP contribution in [0.1, 0.15) is 18.5 Å². The van der Waals surface area contributed by atoms with Crippen molar-refractivity contribution in [3.8, 4) is 0 Å². The summed E-state index contributed by atoms with van der Waals surface area (Å²) in [6.07, 6.45) is -4.41. The fourth-order valence-corrected chi connectivity index (χ4v) is 1.56. The lowest BCUT2D eigenvalue weighted by Gasteiger charge is -2.18. The highest BCUT2D eigenvalue weighted by molar-refractivity contribution is 6.30. The molecular formula is C12H13ClF3NO2. The first-order chi connectivity index (χ1) is 8.83. The molecule has 3 nitrogen and oxygen atoms in total. The Morgan fingerprint density at radius 1 is 1.37 bits per heavy atom. The van der Waals surface area contributed by atoms with Gasteiger partial charge in [0.05, 0.1) is 13.2 Å². The highest BCUT2D eigenvalue weighted by Crippen LogP contribution is 2.20. The topological polar surface area (TPSA) is 38.3 Å². The maximum Gasteiger partial charge on any atom is 0.401 e. The lowest BCUT2D eigenvalue weighted by molar-refractivity contribution is -0.149. The highest BCUT2D eigenvalue weighted by atomic mass is 35.5. The Morgan fingerprint density at radius 2 is 1.95 bits per heavy atom. The number of alkyl halides is 3. The number of carbonyl (C=O) groups is 1. The van der Waals surface area contributed by atoms with Gasteiger partial charge in [-0.2, -0.15) is 13.2 Å². The first kappa shape index (κ1) is 15.8. The van der Waals surface area contributed by atoms with E-state index >= 15 is 0 Å². The van der Waals surface area contributed by atoms with Crippen molar-refractivity contribution in [1.82, 2.24) is 5.32 Å². The van der Waals surface area contributed by atoms with Crippen LogP contribution in [0, 0.1) is 0 Å². The number of hydrogen-bond donors (Lipinski definition) is 1. The normalized spacial score (nSPS) is 13.1. The smallest absolute Gasteiger partial charge is 0.401 e. The molecule has 0 saturated carbocycles. The molecule has 0 aliphatic heterocycles. The fraction of sp³-hybridized carbons (Fsp3) is 0.417. The van der Waals surface area contributed by atoms with Crippen molar-refractivity contribution in [1.29, 1.82) is 0 Å². The third kappa shape index (κ3) is 5.48. The Balaban J connectivity index is 2.85. The van der Waals surface area contributed by atoms with E-state index in [9.17, 15) is 18.0 Å². The molecule has 0 aromatic heterocycles. The van der Waals surface area contributed by atoms with Crippen molar-refractivity contribution in [2.45, 2.75) is 19.1 Å². The van der Waals surface area contributed by atoms with E-state index in [1.807, 2.05) is 0 Å². The summed E-state index contributed by atoms with van der Waals surface area (Å²) in [5.74, 6) is -0.755. The van der Waals surface area contributed by atoms with Crippen LogP contribution in [-0.2, 0) is 9.53 Å². The molecule has 0 saturated heterocycles. The van der Waals surface area contributed by atoms with Crippen LogP contribution in [0.4, 0.5) is 13.2 Å². The number of nitrogens with one attached hydrogen (secondary N) is 1. The van der Waals surface area contributed by atoms with Gasteiger partial charge in [0.25, 0.3) is 0 Å². The molecule has 0 bridgehead atoms. The maximum absolute atomic E-state index is 12.2. The number of carbonyl (C=O) groups excluding carboxylic acids is 1. The second kappa shape index (κ2) is 6.77. The van der Waals surface area contributed by atoms with E-state index in [1.54, 1.807) is 6.92 Å². The minimum Gasteiger partial charge on any atom is -0.465 e. The van der Waals surface area contributed by atoms with Crippen LogP contribution in [0.2, 0.25) is 5.02 Å². The van der Waals surface area contributed by atoms with E-state index in [0.29, 0.717) is 10.6 Å². The molecule has 1 aromatic rings. The number of halogens is 4. The Bertz CT molecular complexity index is 420. The number of benzene rings is 1. The minimum atomic E-state index is -4.41. The number of hydrogen-bond acceptors (Lipinski definition) is 3. The lowest BCUT2D eigenvalue weighted by Crippen LogP contribution is -2.36. The fourth-order valence-electron chi connectivity index (χ4n) is 1.44. The number of esters is 1. The summed E-state index contributed by atoms with van der Waals surface area (Å²) < 4.78 is 41.4. The molecule has 0 spiro atoms. The zero-order chi connectivity index (χ0) is 14.5. The number of ether oxygens (including phenoxy) is 1. The second-order valence-corrected chi connectivity index (χ2v) is 4.17. The number of rotatable bonds is 5. The lowest BCUT2D eigenvalue weighted by atomic mass is 10.1. The van der Waals surface area contributed by atoms with Crippen molar-refractivity contribution in [2.75, 3.05) is 13.2 Å².